The molecule has 2 heterocycles. The Morgan fingerprint density at radius 3 is 2.83 bits per heavy atom. The van der Waals surface area contributed by atoms with Crippen molar-refractivity contribution in [1.29, 1.82) is 0 Å². The van der Waals surface area contributed by atoms with E-state index in [0.717, 1.165) is 30.6 Å². The molecule has 5 heteroatoms. The first-order chi connectivity index (χ1) is 8.11. The third-order valence-electron chi connectivity index (χ3n) is 3.60. The summed E-state index contributed by atoms with van der Waals surface area (Å²) >= 11 is 0. The Morgan fingerprint density at radius 1 is 1.56 bits per heavy atom. The summed E-state index contributed by atoms with van der Waals surface area (Å²) in [5.41, 5.74) is 7.69. The molecular weight excluding hydrogens is 250 g/mol. The lowest BCUT2D eigenvalue weighted by molar-refractivity contribution is 0.0583. The standard InChI is InChI=1S/C13H21N3O.ClH/c1-9(14)12-5-3-4-8-16(12)13(17)11-6-7-15-10(11)2;/h6-7,9,12,15H,3-5,8,14H2,1-2H3;1H. The molecule has 1 saturated heterocycles. The fourth-order valence-corrected chi connectivity index (χ4v) is 2.60. The van der Waals surface area contributed by atoms with Gasteiger partial charge >= 0.3 is 0 Å². The van der Waals surface area contributed by atoms with Gasteiger partial charge in [0.1, 0.15) is 0 Å². The van der Waals surface area contributed by atoms with Crippen molar-refractivity contribution in [1.82, 2.24) is 9.88 Å². The molecule has 1 aliphatic rings. The number of carbonyl (C=O) groups excluding carboxylic acids is 1. The SMILES string of the molecule is Cc1[nH]ccc1C(=O)N1CCCCC1C(C)N.Cl. The monoisotopic (exact) mass is 271 g/mol. The number of hydrogen-bond acceptors (Lipinski definition) is 2. The quantitative estimate of drug-likeness (QED) is 0.865. The van der Waals surface area contributed by atoms with E-state index in [1.165, 1.54) is 6.42 Å². The first kappa shape index (κ1) is 15.1. The second-order valence-corrected chi connectivity index (χ2v) is 4.94. The van der Waals surface area contributed by atoms with Gasteiger partial charge in [-0.25, -0.2) is 0 Å². The van der Waals surface area contributed by atoms with Crippen molar-refractivity contribution >= 4 is 18.3 Å². The number of aromatic amines is 1. The first-order valence-electron chi connectivity index (χ1n) is 6.32. The highest BCUT2D eigenvalue weighted by molar-refractivity contribution is 5.95. The molecule has 1 aliphatic heterocycles. The zero-order valence-electron chi connectivity index (χ0n) is 11.0. The maximum atomic E-state index is 12.4. The number of nitrogens with zero attached hydrogens (tertiary/aromatic N) is 1. The minimum atomic E-state index is 0. The number of amides is 1. The van der Waals surface area contributed by atoms with Crippen LogP contribution in [0.2, 0.25) is 0 Å². The van der Waals surface area contributed by atoms with E-state index in [2.05, 4.69) is 4.98 Å². The summed E-state index contributed by atoms with van der Waals surface area (Å²) in [5, 5.41) is 0. The number of piperidine rings is 1. The minimum absolute atomic E-state index is 0. The van der Waals surface area contributed by atoms with Crippen LogP contribution in [-0.2, 0) is 0 Å². The Labute approximate surface area is 114 Å². The average molecular weight is 272 g/mol. The smallest absolute Gasteiger partial charge is 0.255 e. The third kappa shape index (κ3) is 2.87. The summed E-state index contributed by atoms with van der Waals surface area (Å²) in [6.45, 7) is 4.74. The number of hydrogen-bond donors (Lipinski definition) is 2. The van der Waals surface area contributed by atoms with E-state index in [9.17, 15) is 4.79 Å². The van der Waals surface area contributed by atoms with Crippen LogP contribution in [0.5, 0.6) is 0 Å². The van der Waals surface area contributed by atoms with Crippen molar-refractivity contribution in [3.05, 3.63) is 23.5 Å². The van der Waals surface area contributed by atoms with Crippen molar-refractivity contribution in [2.24, 2.45) is 5.73 Å². The predicted molar refractivity (Wildman–Crippen MR) is 75.1 cm³/mol. The van der Waals surface area contributed by atoms with Gasteiger partial charge in [-0.05, 0) is 39.2 Å². The Morgan fingerprint density at radius 2 is 2.28 bits per heavy atom. The molecular formula is C13H22ClN3O. The lowest BCUT2D eigenvalue weighted by Crippen LogP contribution is -2.51. The van der Waals surface area contributed by atoms with Crippen LogP contribution in [0.4, 0.5) is 0 Å². The zero-order chi connectivity index (χ0) is 12.4. The van der Waals surface area contributed by atoms with Crippen LogP contribution in [0.3, 0.4) is 0 Å². The maximum Gasteiger partial charge on any atom is 0.255 e. The number of aromatic nitrogens is 1. The number of carbonyl (C=O) groups is 1. The molecule has 3 N–H and O–H groups in total. The number of nitrogens with two attached hydrogens (primary N) is 1. The van der Waals surface area contributed by atoms with E-state index in [1.807, 2.05) is 31.0 Å². The van der Waals surface area contributed by atoms with Gasteiger partial charge in [0, 0.05) is 30.5 Å². The summed E-state index contributed by atoms with van der Waals surface area (Å²) in [4.78, 5) is 17.4. The number of halogens is 1. The zero-order valence-corrected chi connectivity index (χ0v) is 11.8. The molecule has 102 valence electrons. The van der Waals surface area contributed by atoms with Gasteiger partial charge in [-0.15, -0.1) is 12.4 Å². The van der Waals surface area contributed by atoms with E-state index in [-0.39, 0.29) is 30.4 Å². The van der Waals surface area contributed by atoms with Gasteiger partial charge in [0.2, 0.25) is 0 Å². The van der Waals surface area contributed by atoms with Crippen molar-refractivity contribution in [3.63, 3.8) is 0 Å². The molecule has 1 amide bonds. The number of nitrogens with one attached hydrogen (secondary N) is 1. The number of likely N-dealkylation sites (tertiary alicyclic amines) is 1. The van der Waals surface area contributed by atoms with Crippen molar-refractivity contribution < 1.29 is 4.79 Å². The fourth-order valence-electron chi connectivity index (χ4n) is 2.60. The van der Waals surface area contributed by atoms with E-state index in [0.29, 0.717) is 0 Å². The summed E-state index contributed by atoms with van der Waals surface area (Å²) < 4.78 is 0. The van der Waals surface area contributed by atoms with E-state index in [1.54, 1.807) is 0 Å². The lowest BCUT2D eigenvalue weighted by atomic mass is 9.96. The van der Waals surface area contributed by atoms with Gasteiger partial charge in [-0.1, -0.05) is 0 Å². The van der Waals surface area contributed by atoms with E-state index in [4.69, 9.17) is 5.73 Å². The maximum absolute atomic E-state index is 12.4. The summed E-state index contributed by atoms with van der Waals surface area (Å²) in [6, 6.07) is 2.08. The summed E-state index contributed by atoms with van der Waals surface area (Å²) in [7, 11) is 0. The lowest BCUT2D eigenvalue weighted by Gasteiger charge is -2.38. The van der Waals surface area contributed by atoms with Crippen LogP contribution in [0.15, 0.2) is 12.3 Å². The van der Waals surface area contributed by atoms with Crippen molar-refractivity contribution in [3.8, 4) is 0 Å². The highest BCUT2D eigenvalue weighted by atomic mass is 35.5. The van der Waals surface area contributed by atoms with E-state index >= 15 is 0 Å². The molecule has 1 aromatic heterocycles. The highest BCUT2D eigenvalue weighted by Gasteiger charge is 2.30. The molecule has 2 rings (SSSR count). The van der Waals surface area contributed by atoms with Gasteiger partial charge in [-0.3, -0.25) is 4.79 Å². The molecule has 1 aromatic rings. The molecule has 0 spiro atoms. The Hall–Kier alpha value is -1.00. The number of aryl methyl sites for hydroxylation is 1. The van der Waals surface area contributed by atoms with Crippen LogP contribution in [0.1, 0.15) is 42.2 Å². The Bertz CT molecular complexity index is 403. The molecule has 0 bridgehead atoms. The molecule has 1 fully saturated rings. The molecule has 4 nitrogen and oxygen atoms in total. The van der Waals surface area contributed by atoms with Crippen LogP contribution in [0.25, 0.3) is 0 Å². The highest BCUT2D eigenvalue weighted by Crippen LogP contribution is 2.22. The number of rotatable bonds is 2. The molecule has 0 saturated carbocycles. The average Bonchev–Trinajstić information content (AvgIpc) is 2.74. The van der Waals surface area contributed by atoms with Crippen LogP contribution >= 0.6 is 12.4 Å². The van der Waals surface area contributed by atoms with Gasteiger partial charge in [0.25, 0.3) is 5.91 Å². The molecule has 0 aliphatic carbocycles. The molecule has 0 radical (unpaired) electrons. The molecule has 18 heavy (non-hydrogen) atoms. The van der Waals surface area contributed by atoms with Crippen molar-refractivity contribution in [2.75, 3.05) is 6.54 Å². The van der Waals surface area contributed by atoms with E-state index < -0.39 is 0 Å². The van der Waals surface area contributed by atoms with Gasteiger partial charge in [-0.2, -0.15) is 0 Å². The predicted octanol–water partition coefficient (Wildman–Crippen LogP) is 2.09. The second kappa shape index (κ2) is 6.25. The molecule has 2 atom stereocenters. The van der Waals surface area contributed by atoms with Crippen molar-refractivity contribution in [2.45, 2.75) is 45.2 Å². The Kier molecular flexibility index (Phi) is 5.23. The third-order valence-corrected chi connectivity index (χ3v) is 3.60. The van der Waals surface area contributed by atoms with Crippen LogP contribution in [-0.4, -0.2) is 34.4 Å². The molecule has 2 unspecified atom stereocenters. The first-order valence-corrected chi connectivity index (χ1v) is 6.32. The summed E-state index contributed by atoms with van der Waals surface area (Å²) in [6.07, 6.45) is 5.08. The van der Waals surface area contributed by atoms with Gasteiger partial charge in [0.05, 0.1) is 5.56 Å². The van der Waals surface area contributed by atoms with Crippen LogP contribution in [0, 0.1) is 6.92 Å². The topological polar surface area (TPSA) is 62.1 Å². The molecule has 0 aromatic carbocycles. The largest absolute Gasteiger partial charge is 0.365 e. The fraction of sp³-hybridized carbons (Fsp3) is 0.615. The van der Waals surface area contributed by atoms with Crippen LogP contribution < -0.4 is 5.73 Å². The second-order valence-electron chi connectivity index (χ2n) is 4.94. The minimum Gasteiger partial charge on any atom is -0.365 e. The van der Waals surface area contributed by atoms with Gasteiger partial charge in [0.15, 0.2) is 0 Å². The van der Waals surface area contributed by atoms with Gasteiger partial charge < -0.3 is 15.6 Å². The number of H-pyrrole nitrogens is 1. The Balaban J connectivity index is 0.00000162. The normalized spacial score (nSPS) is 21.3. The summed E-state index contributed by atoms with van der Waals surface area (Å²) in [5.74, 6) is 0.116.